The summed E-state index contributed by atoms with van der Waals surface area (Å²) in [5.74, 6) is 0. The van der Waals surface area contributed by atoms with Gasteiger partial charge in [-0.3, -0.25) is 4.90 Å². The molecule has 1 heterocycles. The summed E-state index contributed by atoms with van der Waals surface area (Å²) < 4.78 is 28.3. The van der Waals surface area contributed by atoms with Gasteiger partial charge in [-0.1, -0.05) is 0 Å². The number of hydrogen-bond donors (Lipinski definition) is 0. The molecule has 0 aromatic carbocycles. The van der Waals surface area contributed by atoms with Crippen LogP contribution in [0.15, 0.2) is 0 Å². The van der Waals surface area contributed by atoms with E-state index in [0.29, 0.717) is 26.3 Å². The van der Waals surface area contributed by atoms with E-state index >= 15 is 0 Å². The normalized spacial score (nSPS) is 21.9. The first-order chi connectivity index (χ1) is 4.79. The zero-order valence-corrected chi connectivity index (χ0v) is 5.65. The summed E-state index contributed by atoms with van der Waals surface area (Å²) in [6, 6.07) is 0. The lowest BCUT2D eigenvalue weighted by Gasteiger charge is -2.25. The molecule has 1 fully saturated rings. The second kappa shape index (κ2) is 3.83. The molecular weight excluding hydrogens is 140 g/mol. The molecule has 2 nitrogen and oxygen atoms in total. The zero-order valence-electron chi connectivity index (χ0n) is 5.65. The molecule has 0 N–H and O–H groups in total. The van der Waals surface area contributed by atoms with Gasteiger partial charge in [-0.2, -0.15) is 8.78 Å². The van der Waals surface area contributed by atoms with Gasteiger partial charge in [-0.05, 0) is 0 Å². The van der Waals surface area contributed by atoms with Gasteiger partial charge in [0, 0.05) is 13.1 Å². The first-order valence-electron chi connectivity index (χ1n) is 3.26. The van der Waals surface area contributed by atoms with Crippen LogP contribution in [0.25, 0.3) is 0 Å². The Morgan fingerprint density at radius 1 is 1.30 bits per heavy atom. The van der Waals surface area contributed by atoms with Gasteiger partial charge in [0.15, 0.2) is 0 Å². The Bertz CT molecular complexity index is 93.7. The van der Waals surface area contributed by atoms with Gasteiger partial charge >= 0.3 is 6.43 Å². The highest BCUT2D eigenvalue weighted by Crippen LogP contribution is 2.07. The van der Waals surface area contributed by atoms with E-state index in [-0.39, 0.29) is 6.54 Å². The van der Waals surface area contributed by atoms with E-state index in [1.54, 1.807) is 4.90 Å². The summed E-state index contributed by atoms with van der Waals surface area (Å²) in [6.07, 6.45) is -1.51. The fourth-order valence-electron chi connectivity index (χ4n) is 0.928. The van der Waals surface area contributed by atoms with Crippen molar-refractivity contribution in [3.05, 3.63) is 6.43 Å². The van der Waals surface area contributed by atoms with Crippen LogP contribution in [0.2, 0.25) is 0 Å². The van der Waals surface area contributed by atoms with Crippen molar-refractivity contribution < 1.29 is 13.5 Å². The van der Waals surface area contributed by atoms with E-state index in [4.69, 9.17) is 4.74 Å². The third kappa shape index (κ3) is 2.58. The molecule has 0 aromatic rings. The summed E-state index contributed by atoms with van der Waals surface area (Å²) in [6.45, 7) is 2.21. The van der Waals surface area contributed by atoms with E-state index in [1.165, 1.54) is 0 Å². The molecule has 0 aromatic heterocycles. The molecule has 0 bridgehead atoms. The molecule has 0 amide bonds. The molecular formula is C6H10F2NO. The van der Waals surface area contributed by atoms with Gasteiger partial charge in [0.2, 0.25) is 0 Å². The highest BCUT2D eigenvalue weighted by atomic mass is 19.3. The van der Waals surface area contributed by atoms with Crippen LogP contribution in [0.3, 0.4) is 0 Å². The molecule has 1 aliphatic rings. The Morgan fingerprint density at radius 3 is 2.40 bits per heavy atom. The molecule has 0 spiro atoms. The number of nitrogens with zero attached hydrogens (tertiary/aromatic N) is 1. The van der Waals surface area contributed by atoms with Crippen LogP contribution in [0, 0.1) is 6.43 Å². The predicted octanol–water partition coefficient (Wildman–Crippen LogP) is 0.747. The van der Waals surface area contributed by atoms with Gasteiger partial charge in [0.05, 0.1) is 19.8 Å². The number of morpholine rings is 1. The molecule has 10 heavy (non-hydrogen) atoms. The van der Waals surface area contributed by atoms with Crippen LogP contribution in [-0.2, 0) is 4.74 Å². The summed E-state index contributed by atoms with van der Waals surface area (Å²) >= 11 is 0. The standard InChI is InChI=1S/C6H10F2NO/c7-6(8)5-9-1-3-10-4-2-9/h1-5H2. The number of rotatable bonds is 2. The van der Waals surface area contributed by atoms with Gasteiger partial charge < -0.3 is 4.74 Å². The monoisotopic (exact) mass is 150 g/mol. The average molecular weight is 150 g/mol. The molecule has 1 saturated heterocycles. The molecule has 1 radical (unpaired) electrons. The third-order valence-corrected chi connectivity index (χ3v) is 1.45. The van der Waals surface area contributed by atoms with Crippen molar-refractivity contribution in [1.82, 2.24) is 4.90 Å². The summed E-state index contributed by atoms with van der Waals surface area (Å²) in [7, 11) is 0. The molecule has 4 heteroatoms. The topological polar surface area (TPSA) is 12.5 Å². The van der Waals surface area contributed by atoms with Crippen LogP contribution in [0.1, 0.15) is 0 Å². The first kappa shape index (κ1) is 7.88. The van der Waals surface area contributed by atoms with Gasteiger partial charge in [-0.15, -0.1) is 0 Å². The Labute approximate surface area is 58.8 Å². The van der Waals surface area contributed by atoms with Crippen molar-refractivity contribution >= 4 is 0 Å². The van der Waals surface area contributed by atoms with Crippen molar-refractivity contribution in [3.8, 4) is 0 Å². The second-order valence-electron chi connectivity index (χ2n) is 2.23. The highest BCUT2D eigenvalue weighted by molar-refractivity contribution is 4.70. The molecule has 0 unspecified atom stereocenters. The summed E-state index contributed by atoms with van der Waals surface area (Å²) in [5.41, 5.74) is 0. The van der Waals surface area contributed by atoms with Gasteiger partial charge in [0.1, 0.15) is 0 Å². The third-order valence-electron chi connectivity index (χ3n) is 1.45. The second-order valence-corrected chi connectivity index (χ2v) is 2.23. The highest BCUT2D eigenvalue weighted by Gasteiger charge is 2.15. The van der Waals surface area contributed by atoms with Crippen molar-refractivity contribution in [2.24, 2.45) is 0 Å². The fraction of sp³-hybridized carbons (Fsp3) is 0.833. The lowest BCUT2D eigenvalue weighted by Crippen LogP contribution is -2.37. The minimum atomic E-state index is -1.51. The quantitative estimate of drug-likeness (QED) is 0.575. The van der Waals surface area contributed by atoms with E-state index < -0.39 is 6.43 Å². The maximum atomic E-state index is 11.7. The fourth-order valence-corrected chi connectivity index (χ4v) is 0.928. The molecule has 0 aliphatic carbocycles. The summed E-state index contributed by atoms with van der Waals surface area (Å²) in [4.78, 5) is 1.68. The van der Waals surface area contributed by atoms with Crippen molar-refractivity contribution in [3.63, 3.8) is 0 Å². The van der Waals surface area contributed by atoms with Crippen LogP contribution in [0.5, 0.6) is 0 Å². The van der Waals surface area contributed by atoms with E-state index in [1.807, 2.05) is 0 Å². The van der Waals surface area contributed by atoms with Gasteiger partial charge in [0.25, 0.3) is 0 Å². The molecule has 0 saturated carbocycles. The average Bonchev–Trinajstić information content (AvgIpc) is 1.88. The largest absolute Gasteiger partial charge is 0.379 e. The zero-order chi connectivity index (χ0) is 7.40. The van der Waals surface area contributed by atoms with Crippen LogP contribution in [0.4, 0.5) is 8.78 Å². The van der Waals surface area contributed by atoms with Crippen LogP contribution in [-0.4, -0.2) is 37.7 Å². The van der Waals surface area contributed by atoms with Crippen LogP contribution >= 0.6 is 0 Å². The maximum absolute atomic E-state index is 11.7. The van der Waals surface area contributed by atoms with E-state index in [0.717, 1.165) is 0 Å². The lowest BCUT2D eigenvalue weighted by atomic mass is 10.4. The van der Waals surface area contributed by atoms with Crippen molar-refractivity contribution in [1.29, 1.82) is 0 Å². The number of halogens is 2. The maximum Gasteiger partial charge on any atom is 0.323 e. The predicted molar refractivity (Wildman–Crippen MR) is 32.7 cm³/mol. The number of ether oxygens (including phenoxy) is 1. The van der Waals surface area contributed by atoms with Gasteiger partial charge in [-0.25, -0.2) is 0 Å². The number of hydrogen-bond acceptors (Lipinski definition) is 2. The Kier molecular flexibility index (Phi) is 3.02. The lowest BCUT2D eigenvalue weighted by molar-refractivity contribution is 0.0285. The minimum Gasteiger partial charge on any atom is -0.379 e. The van der Waals surface area contributed by atoms with Crippen molar-refractivity contribution in [2.75, 3.05) is 32.8 Å². The smallest absolute Gasteiger partial charge is 0.323 e. The first-order valence-corrected chi connectivity index (χ1v) is 3.26. The Hall–Kier alpha value is -0.220. The van der Waals surface area contributed by atoms with E-state index in [9.17, 15) is 8.78 Å². The molecule has 1 aliphatic heterocycles. The molecule has 59 valence electrons. The molecule has 0 atom stereocenters. The van der Waals surface area contributed by atoms with Crippen molar-refractivity contribution in [2.45, 2.75) is 0 Å². The Balaban J connectivity index is 2.13. The summed E-state index contributed by atoms with van der Waals surface area (Å²) in [5, 5.41) is 0. The SMILES string of the molecule is F[C](F)CN1CCOCC1. The van der Waals surface area contributed by atoms with E-state index in [2.05, 4.69) is 0 Å². The molecule has 1 rings (SSSR count). The Morgan fingerprint density at radius 2 is 1.90 bits per heavy atom. The minimum absolute atomic E-state index is 0.191. The van der Waals surface area contributed by atoms with Crippen LogP contribution < -0.4 is 0 Å².